The van der Waals surface area contributed by atoms with E-state index < -0.39 is 0 Å². The van der Waals surface area contributed by atoms with Gasteiger partial charge in [0.15, 0.2) is 18.1 Å². The lowest BCUT2D eigenvalue weighted by molar-refractivity contribution is 0.0919. The molecule has 0 aliphatic rings. The molecular formula is C14H9Br2NO3S. The Bertz CT molecular complexity index is 721. The van der Waals surface area contributed by atoms with E-state index in [1.165, 1.54) is 18.4 Å². The monoisotopic (exact) mass is 429 g/mol. The summed E-state index contributed by atoms with van der Waals surface area (Å²) in [5, 5.41) is 8.84. The van der Waals surface area contributed by atoms with Gasteiger partial charge in [-0.05, 0) is 50.1 Å². The van der Waals surface area contributed by atoms with Gasteiger partial charge in [0.1, 0.15) is 0 Å². The van der Waals surface area contributed by atoms with E-state index in [2.05, 4.69) is 31.9 Å². The third-order valence-electron chi connectivity index (χ3n) is 2.61. The SMILES string of the molecule is COc1cc(C#N)ccc1OCC(=O)c1cc(Br)sc1Br. The van der Waals surface area contributed by atoms with Gasteiger partial charge in [0.05, 0.1) is 26.3 Å². The molecular weight excluding hydrogens is 422 g/mol. The number of rotatable bonds is 5. The number of ether oxygens (including phenoxy) is 2. The van der Waals surface area contributed by atoms with E-state index in [0.717, 1.165) is 7.57 Å². The molecule has 0 radical (unpaired) electrons. The van der Waals surface area contributed by atoms with Crippen LogP contribution >= 0.6 is 43.2 Å². The van der Waals surface area contributed by atoms with Crippen LogP contribution in [0.5, 0.6) is 11.5 Å². The Labute approximate surface area is 142 Å². The Balaban J connectivity index is 2.11. The van der Waals surface area contributed by atoms with Gasteiger partial charge in [-0.25, -0.2) is 0 Å². The minimum Gasteiger partial charge on any atom is -0.493 e. The summed E-state index contributed by atoms with van der Waals surface area (Å²) in [7, 11) is 1.48. The summed E-state index contributed by atoms with van der Waals surface area (Å²) in [6, 6.07) is 8.56. The van der Waals surface area contributed by atoms with Crippen molar-refractivity contribution in [3.63, 3.8) is 0 Å². The van der Waals surface area contributed by atoms with Gasteiger partial charge in [0.25, 0.3) is 0 Å². The topological polar surface area (TPSA) is 59.3 Å². The first-order chi connectivity index (χ1) is 10.0. The van der Waals surface area contributed by atoms with Crippen molar-refractivity contribution in [1.29, 1.82) is 5.26 Å². The summed E-state index contributed by atoms with van der Waals surface area (Å²) >= 11 is 8.10. The molecule has 7 heteroatoms. The second-order valence-corrected chi connectivity index (χ2v) is 7.68. The van der Waals surface area contributed by atoms with Crippen LogP contribution in [-0.4, -0.2) is 19.5 Å². The highest BCUT2D eigenvalue weighted by Gasteiger charge is 2.15. The van der Waals surface area contributed by atoms with Crippen LogP contribution in [0.3, 0.4) is 0 Å². The van der Waals surface area contributed by atoms with Crippen LogP contribution in [-0.2, 0) is 0 Å². The molecule has 1 aromatic carbocycles. The van der Waals surface area contributed by atoms with Crippen molar-refractivity contribution in [2.75, 3.05) is 13.7 Å². The predicted octanol–water partition coefficient (Wildman–Crippen LogP) is 4.42. The Morgan fingerprint density at radius 2 is 2.10 bits per heavy atom. The number of nitriles is 1. The van der Waals surface area contributed by atoms with E-state index in [9.17, 15) is 4.79 Å². The van der Waals surface area contributed by atoms with Gasteiger partial charge in [0, 0.05) is 11.6 Å². The van der Waals surface area contributed by atoms with Gasteiger partial charge >= 0.3 is 0 Å². The maximum atomic E-state index is 12.1. The number of thiophene rings is 1. The average molecular weight is 431 g/mol. The maximum Gasteiger partial charge on any atom is 0.202 e. The van der Waals surface area contributed by atoms with Crippen LogP contribution in [0.2, 0.25) is 0 Å². The highest BCUT2D eigenvalue weighted by molar-refractivity contribution is 9.12. The smallest absolute Gasteiger partial charge is 0.202 e. The molecule has 0 amide bonds. The highest BCUT2D eigenvalue weighted by Crippen LogP contribution is 2.33. The predicted molar refractivity (Wildman–Crippen MR) is 87.3 cm³/mol. The lowest BCUT2D eigenvalue weighted by atomic mass is 10.2. The Hall–Kier alpha value is -1.36. The minimum atomic E-state index is -0.143. The molecule has 21 heavy (non-hydrogen) atoms. The second kappa shape index (κ2) is 7.07. The third-order valence-corrected chi connectivity index (χ3v) is 4.95. The second-order valence-electron chi connectivity index (χ2n) is 3.93. The van der Waals surface area contributed by atoms with Gasteiger partial charge in [-0.3, -0.25) is 4.79 Å². The van der Waals surface area contributed by atoms with E-state index >= 15 is 0 Å². The largest absolute Gasteiger partial charge is 0.493 e. The number of Topliss-reactive ketones (excluding diaryl/α,β-unsaturated/α-hetero) is 1. The molecule has 1 heterocycles. The third kappa shape index (κ3) is 3.84. The number of benzene rings is 1. The number of hydrogen-bond acceptors (Lipinski definition) is 5. The quantitative estimate of drug-likeness (QED) is 0.659. The summed E-state index contributed by atoms with van der Waals surface area (Å²) in [5.41, 5.74) is 1.04. The van der Waals surface area contributed by atoms with Crippen LogP contribution in [0.1, 0.15) is 15.9 Å². The molecule has 4 nitrogen and oxygen atoms in total. The molecule has 0 fully saturated rings. The Morgan fingerprint density at radius 3 is 2.67 bits per heavy atom. The summed E-state index contributed by atoms with van der Waals surface area (Å²) in [6.45, 7) is -0.107. The molecule has 0 N–H and O–H groups in total. The van der Waals surface area contributed by atoms with E-state index in [1.807, 2.05) is 6.07 Å². The number of methoxy groups -OCH3 is 1. The first-order valence-corrected chi connectivity index (χ1v) is 8.14. The molecule has 108 valence electrons. The van der Waals surface area contributed by atoms with Crippen molar-refractivity contribution in [3.8, 4) is 17.6 Å². The number of ketones is 1. The fourth-order valence-corrected chi connectivity index (χ4v) is 4.46. The molecule has 1 aromatic heterocycles. The average Bonchev–Trinajstić information content (AvgIpc) is 2.83. The molecule has 0 unspecified atom stereocenters. The lowest BCUT2D eigenvalue weighted by Crippen LogP contribution is -2.11. The molecule has 0 aliphatic carbocycles. The molecule has 2 rings (SSSR count). The van der Waals surface area contributed by atoms with Crippen LogP contribution < -0.4 is 9.47 Å². The van der Waals surface area contributed by atoms with E-state index in [1.54, 1.807) is 24.3 Å². The van der Waals surface area contributed by atoms with E-state index in [-0.39, 0.29) is 12.4 Å². The zero-order valence-corrected chi connectivity index (χ0v) is 14.8. The van der Waals surface area contributed by atoms with Crippen molar-refractivity contribution in [2.45, 2.75) is 0 Å². The van der Waals surface area contributed by atoms with Crippen LogP contribution in [0.15, 0.2) is 31.8 Å². The van der Waals surface area contributed by atoms with Crippen molar-refractivity contribution >= 4 is 49.0 Å². The van der Waals surface area contributed by atoms with Crippen LogP contribution in [0, 0.1) is 11.3 Å². The van der Waals surface area contributed by atoms with Gasteiger partial charge in [0.2, 0.25) is 5.78 Å². The molecule has 0 aliphatic heterocycles. The molecule has 0 atom stereocenters. The summed E-state index contributed by atoms with van der Waals surface area (Å²) in [6.07, 6.45) is 0. The molecule has 0 saturated carbocycles. The van der Waals surface area contributed by atoms with Gasteiger partial charge in [-0.2, -0.15) is 5.26 Å². The van der Waals surface area contributed by atoms with Crippen molar-refractivity contribution in [2.24, 2.45) is 0 Å². The first kappa shape index (κ1) is 16.0. The maximum absolute atomic E-state index is 12.1. The molecule has 2 aromatic rings. The molecule has 0 saturated heterocycles. The molecule has 0 bridgehead atoms. The number of halogens is 2. The highest BCUT2D eigenvalue weighted by atomic mass is 79.9. The number of carbonyl (C=O) groups is 1. The minimum absolute atomic E-state index is 0.107. The zero-order valence-electron chi connectivity index (χ0n) is 10.9. The normalized spacial score (nSPS) is 10.0. The molecule has 0 spiro atoms. The first-order valence-electron chi connectivity index (χ1n) is 5.74. The number of hydrogen-bond donors (Lipinski definition) is 0. The number of nitrogens with zero attached hydrogens (tertiary/aromatic N) is 1. The Kier molecular flexibility index (Phi) is 5.39. The summed E-state index contributed by atoms with van der Waals surface area (Å²) in [4.78, 5) is 12.1. The number of carbonyl (C=O) groups excluding carboxylic acids is 1. The van der Waals surface area contributed by atoms with Gasteiger partial charge < -0.3 is 9.47 Å². The van der Waals surface area contributed by atoms with Crippen LogP contribution in [0.4, 0.5) is 0 Å². The van der Waals surface area contributed by atoms with Crippen molar-refractivity contribution < 1.29 is 14.3 Å². The van der Waals surface area contributed by atoms with E-state index in [0.29, 0.717) is 22.6 Å². The summed E-state index contributed by atoms with van der Waals surface area (Å²) in [5.74, 6) is 0.706. The standard InChI is InChI=1S/C14H9Br2NO3S/c1-19-12-4-8(6-17)2-3-11(12)20-7-10(18)9-5-13(15)21-14(9)16/h2-5H,7H2,1H3. The fourth-order valence-electron chi connectivity index (χ4n) is 1.61. The summed E-state index contributed by atoms with van der Waals surface area (Å²) < 4.78 is 12.3. The van der Waals surface area contributed by atoms with Gasteiger partial charge in [-0.1, -0.05) is 0 Å². The van der Waals surface area contributed by atoms with Crippen molar-refractivity contribution in [1.82, 2.24) is 0 Å². The van der Waals surface area contributed by atoms with Gasteiger partial charge in [-0.15, -0.1) is 11.3 Å². The Morgan fingerprint density at radius 1 is 1.33 bits per heavy atom. The lowest BCUT2D eigenvalue weighted by Gasteiger charge is -2.10. The van der Waals surface area contributed by atoms with Crippen LogP contribution in [0.25, 0.3) is 0 Å². The van der Waals surface area contributed by atoms with E-state index in [4.69, 9.17) is 14.7 Å². The fraction of sp³-hybridized carbons (Fsp3) is 0.143. The zero-order chi connectivity index (χ0) is 15.4. The van der Waals surface area contributed by atoms with Crippen molar-refractivity contribution in [3.05, 3.63) is 43.0 Å².